The molecule has 1 aliphatic rings. The molecule has 0 spiro atoms. The van der Waals surface area contributed by atoms with Gasteiger partial charge in [-0.3, -0.25) is 0 Å². The van der Waals surface area contributed by atoms with Crippen molar-refractivity contribution in [2.45, 2.75) is 45.1 Å². The van der Waals surface area contributed by atoms with Crippen molar-refractivity contribution in [3.05, 3.63) is 48.5 Å². The van der Waals surface area contributed by atoms with E-state index in [1.807, 2.05) is 49.4 Å². The molecule has 0 unspecified atom stereocenters. The van der Waals surface area contributed by atoms with E-state index in [-0.39, 0.29) is 0 Å². The Balaban J connectivity index is 1.60. The van der Waals surface area contributed by atoms with Gasteiger partial charge in [0, 0.05) is 17.1 Å². The van der Waals surface area contributed by atoms with Crippen LogP contribution in [-0.4, -0.2) is 22.6 Å². The molecule has 3 aromatic rings. The number of ether oxygens (including phenoxy) is 1. The summed E-state index contributed by atoms with van der Waals surface area (Å²) in [5.41, 5.74) is 1.89. The fourth-order valence-corrected chi connectivity index (χ4v) is 3.61. The minimum Gasteiger partial charge on any atom is -0.494 e. The first kappa shape index (κ1) is 17.6. The van der Waals surface area contributed by atoms with E-state index in [1.54, 1.807) is 0 Å². The molecule has 1 aliphatic carbocycles. The van der Waals surface area contributed by atoms with Crippen LogP contribution in [0.2, 0.25) is 0 Å². The van der Waals surface area contributed by atoms with Gasteiger partial charge in [0.1, 0.15) is 11.6 Å². The van der Waals surface area contributed by atoms with Crippen molar-refractivity contribution in [1.29, 1.82) is 0 Å². The van der Waals surface area contributed by atoms with Crippen LogP contribution in [-0.2, 0) is 0 Å². The quantitative estimate of drug-likeness (QED) is 0.605. The Bertz CT molecular complexity index is 888. The lowest BCUT2D eigenvalue weighted by Crippen LogP contribution is -2.23. The molecule has 0 amide bonds. The normalized spacial score (nSPS) is 14.9. The number of fused-ring (bicyclic) bond motifs is 1. The van der Waals surface area contributed by atoms with Crippen LogP contribution in [0.15, 0.2) is 48.5 Å². The Morgan fingerprint density at radius 3 is 2.52 bits per heavy atom. The van der Waals surface area contributed by atoms with E-state index in [4.69, 9.17) is 9.72 Å². The number of rotatable bonds is 6. The second-order valence-electron chi connectivity index (χ2n) is 6.97. The summed E-state index contributed by atoms with van der Waals surface area (Å²) in [5.74, 6) is 2.39. The summed E-state index contributed by atoms with van der Waals surface area (Å²) in [6.07, 6.45) is 6.34. The van der Waals surface area contributed by atoms with Gasteiger partial charge in [-0.25, -0.2) is 4.98 Å². The zero-order chi connectivity index (χ0) is 18.5. The largest absolute Gasteiger partial charge is 0.494 e. The molecule has 1 aromatic heterocycles. The van der Waals surface area contributed by atoms with E-state index in [2.05, 4.69) is 21.7 Å². The molecule has 5 heteroatoms. The smallest absolute Gasteiger partial charge is 0.229 e. The number of para-hydroxylation sites is 1. The number of benzene rings is 2. The highest BCUT2D eigenvalue weighted by Crippen LogP contribution is 2.27. The molecule has 5 nitrogen and oxygen atoms in total. The first-order valence-corrected chi connectivity index (χ1v) is 9.85. The monoisotopic (exact) mass is 362 g/mol. The van der Waals surface area contributed by atoms with Crippen molar-refractivity contribution in [2.75, 3.05) is 17.2 Å². The van der Waals surface area contributed by atoms with Crippen LogP contribution in [0.5, 0.6) is 5.75 Å². The van der Waals surface area contributed by atoms with E-state index in [0.717, 1.165) is 28.2 Å². The molecule has 1 saturated carbocycles. The lowest BCUT2D eigenvalue weighted by molar-refractivity contribution is 0.340. The van der Waals surface area contributed by atoms with Gasteiger partial charge in [-0.1, -0.05) is 31.4 Å². The minimum atomic E-state index is 0.496. The second-order valence-corrected chi connectivity index (χ2v) is 6.97. The summed E-state index contributed by atoms with van der Waals surface area (Å²) in [7, 11) is 0. The molecule has 0 aliphatic heterocycles. The molecule has 0 radical (unpaired) electrons. The highest BCUT2D eigenvalue weighted by atomic mass is 16.5. The van der Waals surface area contributed by atoms with E-state index in [0.29, 0.717) is 18.6 Å². The standard InChI is InChI=1S/C22H26N4O/c1-2-27-18-14-12-17(13-15-18)24-22-25-20-11-7-6-10-19(20)21(26-22)23-16-8-4-3-5-9-16/h6-7,10-16H,2-5,8-9H2,1H3,(H2,23,24,25,26). The van der Waals surface area contributed by atoms with Gasteiger partial charge in [-0.2, -0.15) is 4.98 Å². The molecule has 140 valence electrons. The minimum absolute atomic E-state index is 0.496. The molecule has 4 rings (SSSR count). The van der Waals surface area contributed by atoms with E-state index in [1.165, 1.54) is 32.1 Å². The van der Waals surface area contributed by atoms with Gasteiger partial charge in [0.05, 0.1) is 12.1 Å². The number of anilines is 3. The first-order chi connectivity index (χ1) is 13.3. The molecular weight excluding hydrogens is 336 g/mol. The van der Waals surface area contributed by atoms with Crippen LogP contribution in [0.3, 0.4) is 0 Å². The predicted molar refractivity (Wildman–Crippen MR) is 111 cm³/mol. The molecule has 2 aromatic carbocycles. The lowest BCUT2D eigenvalue weighted by Gasteiger charge is -2.24. The summed E-state index contributed by atoms with van der Waals surface area (Å²) >= 11 is 0. The number of hydrogen-bond donors (Lipinski definition) is 2. The molecule has 0 atom stereocenters. The van der Waals surface area contributed by atoms with Gasteiger partial charge in [-0.05, 0) is 56.2 Å². The first-order valence-electron chi connectivity index (χ1n) is 9.85. The third-order valence-corrected chi connectivity index (χ3v) is 4.97. The highest BCUT2D eigenvalue weighted by Gasteiger charge is 2.16. The molecular formula is C22H26N4O. The maximum absolute atomic E-state index is 5.50. The summed E-state index contributed by atoms with van der Waals surface area (Å²) in [6, 6.07) is 16.5. The van der Waals surface area contributed by atoms with Crippen molar-refractivity contribution < 1.29 is 4.74 Å². The Kier molecular flexibility index (Phi) is 5.37. The predicted octanol–water partition coefficient (Wildman–Crippen LogP) is 5.52. The van der Waals surface area contributed by atoms with Gasteiger partial charge in [-0.15, -0.1) is 0 Å². The fraction of sp³-hybridized carbons (Fsp3) is 0.364. The molecule has 27 heavy (non-hydrogen) atoms. The molecule has 2 N–H and O–H groups in total. The number of hydrogen-bond acceptors (Lipinski definition) is 5. The van der Waals surface area contributed by atoms with Crippen molar-refractivity contribution in [1.82, 2.24) is 9.97 Å². The summed E-state index contributed by atoms with van der Waals surface area (Å²) in [4.78, 5) is 9.47. The Morgan fingerprint density at radius 1 is 0.963 bits per heavy atom. The zero-order valence-corrected chi connectivity index (χ0v) is 15.7. The van der Waals surface area contributed by atoms with Crippen LogP contribution < -0.4 is 15.4 Å². The lowest BCUT2D eigenvalue weighted by atomic mass is 9.95. The fourth-order valence-electron chi connectivity index (χ4n) is 3.61. The van der Waals surface area contributed by atoms with Crippen molar-refractivity contribution in [2.24, 2.45) is 0 Å². The SMILES string of the molecule is CCOc1ccc(Nc2nc(NC3CCCCC3)c3ccccc3n2)cc1. The molecule has 1 heterocycles. The van der Waals surface area contributed by atoms with Crippen molar-refractivity contribution >= 4 is 28.4 Å². The van der Waals surface area contributed by atoms with Crippen molar-refractivity contribution in [3.8, 4) is 5.75 Å². The third kappa shape index (κ3) is 4.30. The summed E-state index contributed by atoms with van der Waals surface area (Å²) in [5, 5.41) is 8.06. The van der Waals surface area contributed by atoms with Crippen LogP contribution in [0, 0.1) is 0 Å². The van der Waals surface area contributed by atoms with E-state index < -0.39 is 0 Å². The van der Waals surface area contributed by atoms with Gasteiger partial charge >= 0.3 is 0 Å². The molecule has 0 bridgehead atoms. The second kappa shape index (κ2) is 8.25. The Labute approximate surface area is 160 Å². The van der Waals surface area contributed by atoms with E-state index in [9.17, 15) is 0 Å². The van der Waals surface area contributed by atoms with Crippen LogP contribution in [0.25, 0.3) is 10.9 Å². The van der Waals surface area contributed by atoms with Crippen LogP contribution in [0.4, 0.5) is 17.5 Å². The van der Waals surface area contributed by atoms with Gasteiger partial charge in [0.15, 0.2) is 0 Å². The number of nitrogens with zero attached hydrogens (tertiary/aromatic N) is 2. The maximum Gasteiger partial charge on any atom is 0.229 e. The van der Waals surface area contributed by atoms with Crippen LogP contribution >= 0.6 is 0 Å². The molecule has 0 saturated heterocycles. The summed E-state index contributed by atoms with van der Waals surface area (Å²) < 4.78 is 5.50. The maximum atomic E-state index is 5.50. The van der Waals surface area contributed by atoms with Crippen LogP contribution in [0.1, 0.15) is 39.0 Å². The van der Waals surface area contributed by atoms with E-state index >= 15 is 0 Å². The van der Waals surface area contributed by atoms with Gasteiger partial charge < -0.3 is 15.4 Å². The average Bonchev–Trinajstić information content (AvgIpc) is 2.71. The van der Waals surface area contributed by atoms with Gasteiger partial charge in [0.2, 0.25) is 5.95 Å². The average molecular weight is 362 g/mol. The highest BCUT2D eigenvalue weighted by molar-refractivity contribution is 5.90. The molecule has 1 fully saturated rings. The number of nitrogens with one attached hydrogen (secondary N) is 2. The topological polar surface area (TPSA) is 59.1 Å². The zero-order valence-electron chi connectivity index (χ0n) is 15.7. The third-order valence-electron chi connectivity index (χ3n) is 4.97. The van der Waals surface area contributed by atoms with Gasteiger partial charge in [0.25, 0.3) is 0 Å². The summed E-state index contributed by atoms with van der Waals surface area (Å²) in [6.45, 7) is 2.65. The Morgan fingerprint density at radius 2 is 1.74 bits per heavy atom. The van der Waals surface area contributed by atoms with Crippen molar-refractivity contribution in [3.63, 3.8) is 0 Å². The number of aromatic nitrogens is 2. The Hall–Kier alpha value is -2.82.